The Morgan fingerprint density at radius 3 is 2.55 bits per heavy atom. The maximum absolute atomic E-state index is 13.3. The van der Waals surface area contributed by atoms with Crippen LogP contribution in [-0.2, 0) is 11.2 Å². The standard InChI is InChI=1S/C28H25ClFN3O5/c29-18-3-10-24-23(15-18)22-11-13-33(28(36)38-21-8-4-19(30)5-9-21)27(26(22)32-24)17-1-6-20(7-2-17)37-16-25(35)31-12-14-34/h1-10,15,27,32,34H,11-14,16H2,(H,31,35). The van der Waals surface area contributed by atoms with Crippen molar-refractivity contribution in [2.75, 3.05) is 26.3 Å². The summed E-state index contributed by atoms with van der Waals surface area (Å²) in [6.07, 6.45) is 0.0271. The van der Waals surface area contributed by atoms with Crippen molar-refractivity contribution in [2.24, 2.45) is 0 Å². The lowest BCUT2D eigenvalue weighted by Gasteiger charge is -2.35. The molecule has 0 aliphatic carbocycles. The summed E-state index contributed by atoms with van der Waals surface area (Å²) < 4.78 is 24.5. The summed E-state index contributed by atoms with van der Waals surface area (Å²) in [5.74, 6) is -0.0397. The Bertz CT molecular complexity index is 1460. The number of ether oxygens (including phenoxy) is 2. The third-order valence-electron chi connectivity index (χ3n) is 6.34. The number of hydrogen-bond donors (Lipinski definition) is 3. The van der Waals surface area contributed by atoms with Crippen molar-refractivity contribution in [3.05, 3.63) is 94.4 Å². The predicted molar refractivity (Wildman–Crippen MR) is 140 cm³/mol. The number of rotatable bonds is 7. The highest BCUT2D eigenvalue weighted by Crippen LogP contribution is 2.40. The number of hydrogen-bond acceptors (Lipinski definition) is 5. The van der Waals surface area contributed by atoms with E-state index in [0.717, 1.165) is 27.7 Å². The quantitative estimate of drug-likeness (QED) is 0.320. The lowest BCUT2D eigenvalue weighted by molar-refractivity contribution is -0.123. The molecule has 1 atom stereocenters. The number of nitrogens with one attached hydrogen (secondary N) is 2. The summed E-state index contributed by atoms with van der Waals surface area (Å²) in [7, 11) is 0. The first-order chi connectivity index (χ1) is 18.4. The van der Waals surface area contributed by atoms with E-state index in [1.807, 2.05) is 30.3 Å². The molecule has 196 valence electrons. The third kappa shape index (κ3) is 5.44. The van der Waals surface area contributed by atoms with Crippen LogP contribution < -0.4 is 14.8 Å². The van der Waals surface area contributed by atoms with Gasteiger partial charge in [-0.05, 0) is 72.1 Å². The number of benzene rings is 3. The summed E-state index contributed by atoms with van der Waals surface area (Å²) in [5.41, 5.74) is 3.63. The van der Waals surface area contributed by atoms with E-state index in [0.29, 0.717) is 23.7 Å². The lowest BCUT2D eigenvalue weighted by Crippen LogP contribution is -2.42. The molecule has 2 heterocycles. The van der Waals surface area contributed by atoms with Gasteiger partial charge in [0.05, 0.1) is 6.61 Å². The number of aromatic amines is 1. The second kappa shape index (κ2) is 11.1. The highest BCUT2D eigenvalue weighted by molar-refractivity contribution is 6.31. The minimum Gasteiger partial charge on any atom is -0.484 e. The first-order valence-corrected chi connectivity index (χ1v) is 12.4. The molecule has 8 nitrogen and oxygen atoms in total. The van der Waals surface area contributed by atoms with Crippen molar-refractivity contribution < 1.29 is 28.6 Å². The number of aliphatic hydroxyl groups is 1. The molecule has 1 aliphatic heterocycles. The van der Waals surface area contributed by atoms with Gasteiger partial charge in [0.25, 0.3) is 5.91 Å². The second-order valence-electron chi connectivity index (χ2n) is 8.81. The molecule has 1 aliphatic rings. The van der Waals surface area contributed by atoms with E-state index in [1.165, 1.54) is 24.3 Å². The van der Waals surface area contributed by atoms with Gasteiger partial charge >= 0.3 is 6.09 Å². The van der Waals surface area contributed by atoms with Crippen molar-refractivity contribution >= 4 is 34.5 Å². The van der Waals surface area contributed by atoms with Gasteiger partial charge in [-0.2, -0.15) is 0 Å². The number of carbonyl (C=O) groups is 2. The number of amides is 2. The van der Waals surface area contributed by atoms with Crippen LogP contribution in [0.4, 0.5) is 9.18 Å². The average Bonchev–Trinajstić information content (AvgIpc) is 3.29. The molecule has 0 bridgehead atoms. The van der Waals surface area contributed by atoms with Gasteiger partial charge in [0.15, 0.2) is 6.61 Å². The van der Waals surface area contributed by atoms with Gasteiger partial charge in [-0.1, -0.05) is 23.7 Å². The molecule has 10 heteroatoms. The monoisotopic (exact) mass is 537 g/mol. The van der Waals surface area contributed by atoms with Gasteiger partial charge < -0.3 is 24.9 Å². The minimum atomic E-state index is -0.565. The molecule has 5 rings (SSSR count). The number of fused-ring (bicyclic) bond motifs is 3. The Labute approximate surface area is 222 Å². The maximum Gasteiger partial charge on any atom is 0.416 e. The van der Waals surface area contributed by atoms with Crippen molar-refractivity contribution in [2.45, 2.75) is 12.5 Å². The SMILES string of the molecule is O=C(COc1ccc(C2c3[nH]c4ccc(Cl)cc4c3CCN2C(=O)Oc2ccc(F)cc2)cc1)NCCO. The minimum absolute atomic E-state index is 0.149. The van der Waals surface area contributed by atoms with Crippen molar-refractivity contribution in [3.8, 4) is 11.5 Å². The van der Waals surface area contributed by atoms with Crippen molar-refractivity contribution in [1.82, 2.24) is 15.2 Å². The van der Waals surface area contributed by atoms with E-state index >= 15 is 0 Å². The molecule has 0 fully saturated rings. The summed E-state index contributed by atoms with van der Waals surface area (Å²) in [6.45, 7) is 0.209. The van der Waals surface area contributed by atoms with Crippen LogP contribution in [0.1, 0.15) is 22.9 Å². The Hall–Kier alpha value is -4.08. The fourth-order valence-corrected chi connectivity index (χ4v) is 4.78. The Morgan fingerprint density at radius 1 is 1.08 bits per heavy atom. The summed E-state index contributed by atoms with van der Waals surface area (Å²) in [6, 6.07) is 17.5. The Kier molecular flexibility index (Phi) is 7.48. The van der Waals surface area contributed by atoms with Crippen LogP contribution in [0.5, 0.6) is 11.5 Å². The van der Waals surface area contributed by atoms with E-state index in [9.17, 15) is 14.0 Å². The lowest BCUT2D eigenvalue weighted by atomic mass is 9.92. The van der Waals surface area contributed by atoms with Crippen LogP contribution >= 0.6 is 11.6 Å². The topological polar surface area (TPSA) is 104 Å². The van der Waals surface area contributed by atoms with Crippen LogP contribution in [0.25, 0.3) is 10.9 Å². The smallest absolute Gasteiger partial charge is 0.416 e. The molecule has 4 aromatic rings. The maximum atomic E-state index is 13.3. The fourth-order valence-electron chi connectivity index (χ4n) is 4.61. The van der Waals surface area contributed by atoms with Crippen molar-refractivity contribution in [3.63, 3.8) is 0 Å². The highest BCUT2D eigenvalue weighted by Gasteiger charge is 2.35. The first kappa shape index (κ1) is 25.6. The molecule has 0 radical (unpaired) electrons. The first-order valence-electron chi connectivity index (χ1n) is 12.1. The number of nitrogens with zero attached hydrogens (tertiary/aromatic N) is 1. The molecule has 1 aromatic heterocycles. The normalized spacial score (nSPS) is 14.7. The van der Waals surface area contributed by atoms with Gasteiger partial charge in [0.2, 0.25) is 0 Å². The Balaban J connectivity index is 1.45. The second-order valence-corrected chi connectivity index (χ2v) is 9.24. The molecule has 0 saturated carbocycles. The number of halogens is 2. The van der Waals surface area contributed by atoms with E-state index < -0.39 is 18.0 Å². The molecule has 38 heavy (non-hydrogen) atoms. The molecule has 3 N–H and O–H groups in total. The van der Waals surface area contributed by atoms with Crippen LogP contribution in [0.2, 0.25) is 5.02 Å². The highest BCUT2D eigenvalue weighted by atomic mass is 35.5. The third-order valence-corrected chi connectivity index (χ3v) is 6.58. The zero-order valence-electron chi connectivity index (χ0n) is 20.2. The fraction of sp³-hybridized carbons (Fsp3) is 0.214. The predicted octanol–water partition coefficient (Wildman–Crippen LogP) is 4.59. The van der Waals surface area contributed by atoms with Crippen molar-refractivity contribution in [1.29, 1.82) is 0 Å². The van der Waals surface area contributed by atoms with Gasteiger partial charge in [-0.15, -0.1) is 0 Å². The van der Waals surface area contributed by atoms with Crippen LogP contribution in [0.3, 0.4) is 0 Å². The van der Waals surface area contributed by atoms with Crippen LogP contribution in [0.15, 0.2) is 66.7 Å². The summed E-state index contributed by atoms with van der Waals surface area (Å²) in [5, 5.41) is 13.0. The van der Waals surface area contributed by atoms with Gasteiger partial charge in [-0.25, -0.2) is 9.18 Å². The summed E-state index contributed by atoms with van der Waals surface area (Å²) >= 11 is 6.27. The summed E-state index contributed by atoms with van der Waals surface area (Å²) in [4.78, 5) is 30.2. The molecule has 3 aromatic carbocycles. The average molecular weight is 538 g/mol. The zero-order chi connectivity index (χ0) is 26.6. The molecule has 0 spiro atoms. The number of aliphatic hydroxyl groups excluding tert-OH is 1. The number of H-pyrrole nitrogens is 1. The zero-order valence-corrected chi connectivity index (χ0v) is 21.0. The van der Waals surface area contributed by atoms with E-state index in [4.69, 9.17) is 26.2 Å². The molecule has 1 unspecified atom stereocenters. The molecule has 2 amide bonds. The number of aromatic nitrogens is 1. The van der Waals surface area contributed by atoms with E-state index in [1.54, 1.807) is 17.0 Å². The van der Waals surface area contributed by atoms with E-state index in [-0.39, 0.29) is 31.4 Å². The molecular weight excluding hydrogens is 513 g/mol. The van der Waals surface area contributed by atoms with Gasteiger partial charge in [0.1, 0.15) is 23.4 Å². The van der Waals surface area contributed by atoms with Gasteiger partial charge in [-0.3, -0.25) is 9.69 Å². The Morgan fingerprint density at radius 2 is 1.82 bits per heavy atom. The van der Waals surface area contributed by atoms with Crippen LogP contribution in [-0.4, -0.2) is 53.3 Å². The van der Waals surface area contributed by atoms with Gasteiger partial charge in [0, 0.05) is 34.7 Å². The van der Waals surface area contributed by atoms with Crippen LogP contribution in [0, 0.1) is 5.82 Å². The largest absolute Gasteiger partial charge is 0.484 e. The molecule has 0 saturated heterocycles. The number of carbonyl (C=O) groups excluding carboxylic acids is 2. The van der Waals surface area contributed by atoms with E-state index in [2.05, 4.69) is 10.3 Å². The molecular formula is C28H25ClFN3O5.